The summed E-state index contributed by atoms with van der Waals surface area (Å²) in [5.74, 6) is 0.756. The summed E-state index contributed by atoms with van der Waals surface area (Å²) in [6, 6.07) is 0.363. The molecule has 0 atom stereocenters. The lowest BCUT2D eigenvalue weighted by atomic mass is 10.1. The molecule has 0 bridgehead atoms. The molecule has 13 heavy (non-hydrogen) atoms. The Morgan fingerprint density at radius 1 is 1.46 bits per heavy atom. The minimum absolute atomic E-state index is 0.363. The molecular formula is C7H13N5O. The highest BCUT2D eigenvalue weighted by Gasteiger charge is 2.19. The fourth-order valence-electron chi connectivity index (χ4n) is 1.56. The Balaban J connectivity index is 2.13. The van der Waals surface area contributed by atoms with Gasteiger partial charge in [0, 0.05) is 13.2 Å². The molecule has 0 saturated carbocycles. The number of rotatable bonds is 2. The first-order valence-electron chi connectivity index (χ1n) is 4.46. The summed E-state index contributed by atoms with van der Waals surface area (Å²) in [4.78, 5) is 0. The minimum atomic E-state index is 0.363. The zero-order valence-corrected chi connectivity index (χ0v) is 7.39. The Morgan fingerprint density at radius 2 is 2.23 bits per heavy atom. The Morgan fingerprint density at radius 3 is 2.92 bits per heavy atom. The smallest absolute Gasteiger partial charge is 0.165 e. The Kier molecular flexibility index (Phi) is 2.51. The molecule has 1 saturated heterocycles. The summed E-state index contributed by atoms with van der Waals surface area (Å²) in [6.45, 7) is 1.97. The van der Waals surface area contributed by atoms with Gasteiger partial charge in [-0.2, -0.15) is 0 Å². The van der Waals surface area contributed by atoms with E-state index in [1.54, 1.807) is 0 Å². The summed E-state index contributed by atoms with van der Waals surface area (Å²) in [5, 5.41) is 11.4. The van der Waals surface area contributed by atoms with Gasteiger partial charge in [-0.05, 0) is 23.3 Å². The highest BCUT2D eigenvalue weighted by Crippen LogP contribution is 2.19. The van der Waals surface area contributed by atoms with Crippen molar-refractivity contribution in [1.29, 1.82) is 0 Å². The van der Waals surface area contributed by atoms with Crippen molar-refractivity contribution in [2.45, 2.75) is 25.4 Å². The van der Waals surface area contributed by atoms with Gasteiger partial charge in [-0.15, -0.1) is 5.10 Å². The molecule has 2 heterocycles. The predicted octanol–water partition coefficient (Wildman–Crippen LogP) is -0.517. The van der Waals surface area contributed by atoms with E-state index in [1.807, 2.05) is 4.68 Å². The highest BCUT2D eigenvalue weighted by molar-refractivity contribution is 4.83. The second kappa shape index (κ2) is 3.80. The molecule has 2 N–H and O–H groups in total. The van der Waals surface area contributed by atoms with Crippen LogP contribution in [0.1, 0.15) is 24.7 Å². The first-order chi connectivity index (χ1) is 6.42. The van der Waals surface area contributed by atoms with Gasteiger partial charge in [-0.25, -0.2) is 4.68 Å². The van der Waals surface area contributed by atoms with Crippen LogP contribution in [-0.2, 0) is 11.3 Å². The largest absolute Gasteiger partial charge is 0.381 e. The average molecular weight is 183 g/mol. The van der Waals surface area contributed by atoms with Crippen LogP contribution in [0.4, 0.5) is 0 Å². The van der Waals surface area contributed by atoms with Crippen LogP contribution < -0.4 is 5.73 Å². The van der Waals surface area contributed by atoms with Gasteiger partial charge in [0.05, 0.1) is 12.6 Å². The van der Waals surface area contributed by atoms with Gasteiger partial charge in [0.1, 0.15) is 0 Å². The third-order valence-electron chi connectivity index (χ3n) is 2.28. The third kappa shape index (κ3) is 1.68. The van der Waals surface area contributed by atoms with Crippen molar-refractivity contribution in [3.05, 3.63) is 5.82 Å². The number of tetrazole rings is 1. The van der Waals surface area contributed by atoms with Gasteiger partial charge >= 0.3 is 0 Å². The summed E-state index contributed by atoms with van der Waals surface area (Å²) >= 11 is 0. The van der Waals surface area contributed by atoms with E-state index in [4.69, 9.17) is 10.5 Å². The number of hydrogen-bond donors (Lipinski definition) is 1. The second-order valence-electron chi connectivity index (χ2n) is 3.09. The summed E-state index contributed by atoms with van der Waals surface area (Å²) in [6.07, 6.45) is 1.94. The first kappa shape index (κ1) is 8.58. The normalized spacial score (nSPS) is 19.2. The first-order valence-corrected chi connectivity index (χ1v) is 4.46. The lowest BCUT2D eigenvalue weighted by molar-refractivity contribution is 0.0648. The maximum Gasteiger partial charge on any atom is 0.165 e. The van der Waals surface area contributed by atoms with Crippen molar-refractivity contribution >= 4 is 0 Å². The van der Waals surface area contributed by atoms with Crippen molar-refractivity contribution in [3.63, 3.8) is 0 Å². The van der Waals surface area contributed by atoms with Gasteiger partial charge in [0.15, 0.2) is 5.82 Å². The molecule has 1 aromatic rings. The monoisotopic (exact) mass is 183 g/mol. The number of ether oxygens (including phenoxy) is 1. The molecule has 2 rings (SSSR count). The van der Waals surface area contributed by atoms with Gasteiger partial charge in [-0.3, -0.25) is 0 Å². The molecule has 0 aromatic carbocycles. The quantitative estimate of drug-likeness (QED) is 0.667. The van der Waals surface area contributed by atoms with Crippen LogP contribution in [0.5, 0.6) is 0 Å². The fourth-order valence-corrected chi connectivity index (χ4v) is 1.56. The summed E-state index contributed by atoms with van der Waals surface area (Å²) in [5.41, 5.74) is 5.51. The van der Waals surface area contributed by atoms with E-state index in [0.717, 1.165) is 31.9 Å². The molecule has 0 amide bonds. The van der Waals surface area contributed by atoms with Gasteiger partial charge in [-0.1, -0.05) is 0 Å². The minimum Gasteiger partial charge on any atom is -0.381 e. The van der Waals surface area contributed by atoms with Crippen molar-refractivity contribution in [1.82, 2.24) is 20.2 Å². The van der Waals surface area contributed by atoms with Crippen molar-refractivity contribution in [3.8, 4) is 0 Å². The zero-order valence-electron chi connectivity index (χ0n) is 7.39. The highest BCUT2D eigenvalue weighted by atomic mass is 16.5. The number of aromatic nitrogens is 4. The second-order valence-corrected chi connectivity index (χ2v) is 3.09. The van der Waals surface area contributed by atoms with Crippen LogP contribution in [0.15, 0.2) is 0 Å². The number of nitrogens with zero attached hydrogens (tertiary/aromatic N) is 4. The Hall–Kier alpha value is -1.01. The standard InChI is InChI=1S/C7H13N5O/c8-5-7-9-10-11-12(7)6-1-3-13-4-2-6/h6H,1-5,8H2. The maximum absolute atomic E-state index is 5.51. The lowest BCUT2D eigenvalue weighted by Crippen LogP contribution is -2.23. The molecule has 1 aromatic heterocycles. The summed E-state index contributed by atoms with van der Waals surface area (Å²) < 4.78 is 7.08. The molecule has 1 fully saturated rings. The van der Waals surface area contributed by atoms with E-state index < -0.39 is 0 Å². The molecular weight excluding hydrogens is 170 g/mol. The van der Waals surface area contributed by atoms with Gasteiger partial charge < -0.3 is 10.5 Å². The van der Waals surface area contributed by atoms with Gasteiger partial charge in [0.2, 0.25) is 0 Å². The molecule has 6 nitrogen and oxygen atoms in total. The van der Waals surface area contributed by atoms with Crippen molar-refractivity contribution < 1.29 is 4.74 Å². The SMILES string of the molecule is NCc1nnnn1C1CCOCC1. The average Bonchev–Trinajstić information content (AvgIpc) is 2.67. The molecule has 0 aliphatic carbocycles. The zero-order chi connectivity index (χ0) is 9.10. The fraction of sp³-hybridized carbons (Fsp3) is 0.857. The molecule has 0 unspecified atom stereocenters. The van der Waals surface area contributed by atoms with Crippen molar-refractivity contribution in [2.24, 2.45) is 5.73 Å². The molecule has 0 spiro atoms. The van der Waals surface area contributed by atoms with E-state index in [9.17, 15) is 0 Å². The van der Waals surface area contributed by atoms with Crippen LogP contribution >= 0.6 is 0 Å². The van der Waals surface area contributed by atoms with Gasteiger partial charge in [0.25, 0.3) is 0 Å². The van der Waals surface area contributed by atoms with E-state index in [2.05, 4.69) is 15.5 Å². The Bertz CT molecular complexity index is 268. The summed E-state index contributed by atoms with van der Waals surface area (Å²) in [7, 11) is 0. The van der Waals surface area contributed by atoms with E-state index >= 15 is 0 Å². The Labute approximate surface area is 76.1 Å². The molecule has 0 radical (unpaired) electrons. The van der Waals surface area contributed by atoms with Crippen LogP contribution in [0, 0.1) is 0 Å². The van der Waals surface area contributed by atoms with Crippen LogP contribution in [0.2, 0.25) is 0 Å². The van der Waals surface area contributed by atoms with Crippen LogP contribution in [-0.4, -0.2) is 33.4 Å². The van der Waals surface area contributed by atoms with E-state index in [1.165, 1.54) is 0 Å². The topological polar surface area (TPSA) is 78.9 Å². The molecule has 1 aliphatic heterocycles. The van der Waals surface area contributed by atoms with Crippen LogP contribution in [0.25, 0.3) is 0 Å². The van der Waals surface area contributed by atoms with Crippen molar-refractivity contribution in [2.75, 3.05) is 13.2 Å². The third-order valence-corrected chi connectivity index (χ3v) is 2.28. The molecule has 1 aliphatic rings. The maximum atomic E-state index is 5.51. The number of nitrogens with two attached hydrogens (primary N) is 1. The molecule has 6 heteroatoms. The predicted molar refractivity (Wildman–Crippen MR) is 44.8 cm³/mol. The molecule has 72 valence electrons. The van der Waals surface area contributed by atoms with E-state index in [0.29, 0.717) is 12.6 Å². The van der Waals surface area contributed by atoms with E-state index in [-0.39, 0.29) is 0 Å². The lowest BCUT2D eigenvalue weighted by Gasteiger charge is -2.22. The number of hydrogen-bond acceptors (Lipinski definition) is 5. The van der Waals surface area contributed by atoms with Crippen LogP contribution in [0.3, 0.4) is 0 Å².